The van der Waals surface area contributed by atoms with Crippen molar-refractivity contribution in [2.45, 2.75) is 12.8 Å². The van der Waals surface area contributed by atoms with Gasteiger partial charge in [-0.05, 0) is 12.1 Å². The molecule has 0 saturated carbocycles. The lowest BCUT2D eigenvalue weighted by Gasteiger charge is -2.32. The molecule has 0 unspecified atom stereocenters. The van der Waals surface area contributed by atoms with Crippen LogP contribution < -0.4 is 5.14 Å². The van der Waals surface area contributed by atoms with Crippen molar-refractivity contribution in [3.63, 3.8) is 0 Å². The maximum absolute atomic E-state index is 11.9. The third-order valence-corrected chi connectivity index (χ3v) is 4.20. The van der Waals surface area contributed by atoms with Gasteiger partial charge in [0.1, 0.15) is 5.76 Å². The SMILES string of the molecule is NS(=O)(=O)N1CCN(C(=O)CCc2ccco2)CC1. The number of piperazine rings is 1. The van der Waals surface area contributed by atoms with Crippen LogP contribution in [0.3, 0.4) is 0 Å². The molecule has 1 amide bonds. The van der Waals surface area contributed by atoms with Gasteiger partial charge >= 0.3 is 0 Å². The lowest BCUT2D eigenvalue weighted by Crippen LogP contribution is -2.52. The van der Waals surface area contributed by atoms with Crippen molar-refractivity contribution in [2.24, 2.45) is 5.14 Å². The first kappa shape index (κ1) is 14.0. The summed E-state index contributed by atoms with van der Waals surface area (Å²) in [5.41, 5.74) is 0. The van der Waals surface area contributed by atoms with Crippen molar-refractivity contribution >= 4 is 16.1 Å². The maximum Gasteiger partial charge on any atom is 0.277 e. The topological polar surface area (TPSA) is 96.9 Å². The van der Waals surface area contributed by atoms with Crippen molar-refractivity contribution < 1.29 is 17.6 Å². The summed E-state index contributed by atoms with van der Waals surface area (Å²) in [6.07, 6.45) is 2.49. The molecule has 1 saturated heterocycles. The Labute approximate surface area is 112 Å². The van der Waals surface area contributed by atoms with Gasteiger partial charge in [0.25, 0.3) is 10.2 Å². The zero-order valence-electron chi connectivity index (χ0n) is 10.5. The molecule has 1 aromatic rings. The first-order valence-corrected chi connectivity index (χ1v) is 7.55. The first-order valence-electron chi connectivity index (χ1n) is 6.05. The van der Waals surface area contributed by atoms with Gasteiger partial charge in [0.05, 0.1) is 6.26 Å². The second-order valence-electron chi connectivity index (χ2n) is 4.40. The summed E-state index contributed by atoms with van der Waals surface area (Å²) in [5, 5.41) is 5.04. The van der Waals surface area contributed by atoms with Crippen LogP contribution in [0.5, 0.6) is 0 Å². The van der Waals surface area contributed by atoms with E-state index in [9.17, 15) is 13.2 Å². The average Bonchev–Trinajstić information content (AvgIpc) is 2.88. The number of hydrogen-bond donors (Lipinski definition) is 1. The number of nitrogens with two attached hydrogens (primary N) is 1. The molecule has 2 N–H and O–H groups in total. The van der Waals surface area contributed by atoms with Gasteiger partial charge < -0.3 is 9.32 Å². The van der Waals surface area contributed by atoms with Gasteiger partial charge in [-0.15, -0.1) is 0 Å². The lowest BCUT2D eigenvalue weighted by molar-refractivity contribution is -0.132. The van der Waals surface area contributed by atoms with Gasteiger partial charge in [-0.25, -0.2) is 5.14 Å². The molecule has 1 aliphatic rings. The number of aryl methyl sites for hydroxylation is 1. The van der Waals surface area contributed by atoms with Crippen molar-refractivity contribution in [2.75, 3.05) is 26.2 Å². The number of rotatable bonds is 4. The Balaban J connectivity index is 1.79. The molecule has 106 valence electrons. The minimum Gasteiger partial charge on any atom is -0.469 e. The minimum atomic E-state index is -3.64. The fourth-order valence-corrected chi connectivity index (χ4v) is 2.71. The number of nitrogens with zero attached hydrogens (tertiary/aromatic N) is 2. The fourth-order valence-electron chi connectivity index (χ4n) is 2.04. The van der Waals surface area contributed by atoms with Crippen molar-refractivity contribution in [3.8, 4) is 0 Å². The zero-order valence-corrected chi connectivity index (χ0v) is 11.3. The van der Waals surface area contributed by atoms with Gasteiger partial charge in [0.2, 0.25) is 5.91 Å². The van der Waals surface area contributed by atoms with E-state index in [4.69, 9.17) is 9.56 Å². The van der Waals surface area contributed by atoms with E-state index in [-0.39, 0.29) is 19.0 Å². The highest BCUT2D eigenvalue weighted by molar-refractivity contribution is 7.86. The molecule has 19 heavy (non-hydrogen) atoms. The molecule has 0 aromatic carbocycles. The van der Waals surface area contributed by atoms with E-state index < -0.39 is 10.2 Å². The number of carbonyl (C=O) groups excluding carboxylic acids is 1. The Kier molecular flexibility index (Phi) is 4.23. The smallest absolute Gasteiger partial charge is 0.277 e. The van der Waals surface area contributed by atoms with Crippen LogP contribution in [-0.4, -0.2) is 49.7 Å². The Morgan fingerprint density at radius 1 is 1.32 bits per heavy atom. The molecule has 0 atom stereocenters. The van der Waals surface area contributed by atoms with Gasteiger partial charge in [-0.2, -0.15) is 12.7 Å². The Bertz CT molecular complexity index is 518. The second kappa shape index (κ2) is 5.72. The quantitative estimate of drug-likeness (QED) is 0.812. The lowest BCUT2D eigenvalue weighted by atomic mass is 10.2. The van der Waals surface area contributed by atoms with E-state index in [1.165, 1.54) is 4.31 Å². The molecule has 7 nitrogen and oxygen atoms in total. The molecule has 0 aliphatic carbocycles. The van der Waals surface area contributed by atoms with E-state index in [2.05, 4.69) is 0 Å². The summed E-state index contributed by atoms with van der Waals surface area (Å²) in [6.45, 7) is 1.28. The highest BCUT2D eigenvalue weighted by atomic mass is 32.2. The van der Waals surface area contributed by atoms with E-state index >= 15 is 0 Å². The molecule has 2 heterocycles. The van der Waals surface area contributed by atoms with Gasteiger partial charge in [0, 0.05) is 39.0 Å². The van der Waals surface area contributed by atoms with E-state index in [0.717, 1.165) is 5.76 Å². The highest BCUT2D eigenvalue weighted by Crippen LogP contribution is 2.09. The molecular weight excluding hydrogens is 270 g/mol. The Morgan fingerprint density at radius 2 is 2.00 bits per heavy atom. The molecule has 0 radical (unpaired) electrons. The number of hydrogen-bond acceptors (Lipinski definition) is 4. The Hall–Kier alpha value is -1.38. The predicted molar refractivity (Wildman–Crippen MR) is 68.3 cm³/mol. The van der Waals surface area contributed by atoms with Crippen molar-refractivity contribution in [1.29, 1.82) is 0 Å². The largest absolute Gasteiger partial charge is 0.469 e. The van der Waals surface area contributed by atoms with Gasteiger partial charge in [0.15, 0.2) is 0 Å². The van der Waals surface area contributed by atoms with Crippen LogP contribution in [0.1, 0.15) is 12.2 Å². The molecule has 1 aliphatic heterocycles. The molecule has 2 rings (SSSR count). The third kappa shape index (κ3) is 3.79. The monoisotopic (exact) mass is 287 g/mol. The minimum absolute atomic E-state index is 0.00506. The van der Waals surface area contributed by atoms with E-state index in [1.807, 2.05) is 6.07 Å². The summed E-state index contributed by atoms with van der Waals surface area (Å²) < 4.78 is 28.6. The number of amides is 1. The molecule has 1 fully saturated rings. The highest BCUT2D eigenvalue weighted by Gasteiger charge is 2.26. The normalized spacial score (nSPS) is 17.6. The van der Waals surface area contributed by atoms with Crippen LogP contribution in [0.15, 0.2) is 22.8 Å². The van der Waals surface area contributed by atoms with Crippen LogP contribution in [0.25, 0.3) is 0 Å². The first-order chi connectivity index (χ1) is 8.97. The summed E-state index contributed by atoms with van der Waals surface area (Å²) in [4.78, 5) is 13.6. The van der Waals surface area contributed by atoms with Crippen LogP contribution in [0.4, 0.5) is 0 Å². The number of carbonyl (C=O) groups is 1. The predicted octanol–water partition coefficient (Wildman–Crippen LogP) is -0.440. The molecular formula is C11H17N3O4S. The van der Waals surface area contributed by atoms with Crippen LogP contribution in [0.2, 0.25) is 0 Å². The van der Waals surface area contributed by atoms with Crippen LogP contribution >= 0.6 is 0 Å². The second-order valence-corrected chi connectivity index (χ2v) is 5.95. The standard InChI is InChI=1S/C11H17N3O4S/c12-19(16,17)14-7-5-13(6-8-14)11(15)4-3-10-2-1-9-18-10/h1-2,9H,3-8H2,(H2,12,16,17). The molecule has 1 aromatic heterocycles. The molecule has 0 spiro atoms. The maximum atomic E-state index is 11.9. The summed E-state index contributed by atoms with van der Waals surface area (Å²) >= 11 is 0. The average molecular weight is 287 g/mol. The Morgan fingerprint density at radius 3 is 2.53 bits per heavy atom. The summed E-state index contributed by atoms with van der Waals surface area (Å²) in [7, 11) is -3.64. The van der Waals surface area contributed by atoms with Gasteiger partial charge in [-0.1, -0.05) is 0 Å². The van der Waals surface area contributed by atoms with E-state index in [1.54, 1.807) is 17.2 Å². The van der Waals surface area contributed by atoms with E-state index in [0.29, 0.717) is 25.9 Å². The third-order valence-electron chi connectivity index (χ3n) is 3.12. The van der Waals surface area contributed by atoms with Crippen molar-refractivity contribution in [1.82, 2.24) is 9.21 Å². The summed E-state index contributed by atoms with van der Waals surface area (Å²) in [6, 6.07) is 3.61. The zero-order chi connectivity index (χ0) is 13.9. The fraction of sp³-hybridized carbons (Fsp3) is 0.545. The molecule has 8 heteroatoms. The van der Waals surface area contributed by atoms with Gasteiger partial charge in [-0.3, -0.25) is 4.79 Å². The molecule has 0 bridgehead atoms. The number of furan rings is 1. The summed E-state index contributed by atoms with van der Waals surface area (Å²) in [5.74, 6) is 0.780. The van der Waals surface area contributed by atoms with Crippen molar-refractivity contribution in [3.05, 3.63) is 24.2 Å². The van der Waals surface area contributed by atoms with Crippen LogP contribution in [0, 0.1) is 0 Å². The van der Waals surface area contributed by atoms with Crippen LogP contribution in [-0.2, 0) is 21.4 Å².